The number of para-hydroxylation sites is 1. The van der Waals surface area contributed by atoms with Crippen molar-refractivity contribution < 1.29 is 4.79 Å². The van der Waals surface area contributed by atoms with Crippen molar-refractivity contribution in [3.05, 3.63) is 83.8 Å². The van der Waals surface area contributed by atoms with E-state index in [0.717, 1.165) is 13.0 Å². The smallest absolute Gasteiger partial charge is 0.275 e. The van der Waals surface area contributed by atoms with Crippen molar-refractivity contribution >= 4 is 17.4 Å². The summed E-state index contributed by atoms with van der Waals surface area (Å²) in [6.07, 6.45) is 3.81. The number of nitrogens with zero attached hydrogens (tertiary/aromatic N) is 3. The second kappa shape index (κ2) is 8.40. The summed E-state index contributed by atoms with van der Waals surface area (Å²) < 4.78 is 0. The molecule has 1 heterocycles. The van der Waals surface area contributed by atoms with Crippen LogP contribution in [0.15, 0.2) is 67.0 Å². The summed E-state index contributed by atoms with van der Waals surface area (Å²) in [5.74, 6) is 0.200. The maximum Gasteiger partial charge on any atom is 0.275 e. The van der Waals surface area contributed by atoms with Crippen molar-refractivity contribution in [1.82, 2.24) is 9.97 Å². The van der Waals surface area contributed by atoms with E-state index in [2.05, 4.69) is 32.7 Å². The highest BCUT2D eigenvalue weighted by Gasteiger charge is 2.10. The average Bonchev–Trinajstić information content (AvgIpc) is 2.70. The van der Waals surface area contributed by atoms with E-state index >= 15 is 0 Å². The zero-order chi connectivity index (χ0) is 18.2. The van der Waals surface area contributed by atoms with Crippen LogP contribution in [-0.2, 0) is 6.42 Å². The Morgan fingerprint density at radius 2 is 1.77 bits per heavy atom. The number of rotatable bonds is 6. The van der Waals surface area contributed by atoms with Gasteiger partial charge in [0.1, 0.15) is 17.6 Å². The number of benzene rings is 2. The van der Waals surface area contributed by atoms with E-state index in [1.807, 2.05) is 24.3 Å². The lowest BCUT2D eigenvalue weighted by atomic mass is 10.1. The number of amides is 1. The molecule has 6 heteroatoms. The molecule has 1 aromatic heterocycles. The van der Waals surface area contributed by atoms with Crippen LogP contribution in [0.4, 0.5) is 11.5 Å². The minimum Gasteiger partial charge on any atom is -0.368 e. The van der Waals surface area contributed by atoms with Crippen LogP contribution in [-0.4, -0.2) is 22.4 Å². The first-order chi connectivity index (χ1) is 12.8. The lowest BCUT2D eigenvalue weighted by molar-refractivity contribution is 0.102. The summed E-state index contributed by atoms with van der Waals surface area (Å²) in [4.78, 5) is 20.6. The van der Waals surface area contributed by atoms with Crippen LogP contribution in [0.5, 0.6) is 0 Å². The first kappa shape index (κ1) is 17.1. The highest BCUT2D eigenvalue weighted by atomic mass is 16.1. The molecule has 128 valence electrons. The van der Waals surface area contributed by atoms with Gasteiger partial charge in [0.05, 0.1) is 23.6 Å². The Bertz CT molecular complexity index is 917. The predicted molar refractivity (Wildman–Crippen MR) is 99.8 cm³/mol. The second-order valence-corrected chi connectivity index (χ2v) is 5.56. The fourth-order valence-electron chi connectivity index (χ4n) is 2.39. The van der Waals surface area contributed by atoms with E-state index in [-0.39, 0.29) is 5.69 Å². The Hall–Kier alpha value is -3.72. The topological polar surface area (TPSA) is 90.7 Å². The van der Waals surface area contributed by atoms with Crippen molar-refractivity contribution in [2.75, 3.05) is 17.2 Å². The number of aromatic nitrogens is 2. The molecule has 0 aliphatic carbocycles. The third kappa shape index (κ3) is 4.42. The summed E-state index contributed by atoms with van der Waals surface area (Å²) in [5, 5.41) is 14.9. The molecule has 0 spiro atoms. The van der Waals surface area contributed by atoms with E-state index in [1.54, 1.807) is 24.3 Å². The molecule has 2 N–H and O–H groups in total. The number of nitrogens with one attached hydrogen (secondary N) is 2. The lowest BCUT2D eigenvalue weighted by Gasteiger charge is -2.08. The number of carbonyl (C=O) groups excluding carboxylic acids is 1. The van der Waals surface area contributed by atoms with Gasteiger partial charge in [0.15, 0.2) is 0 Å². The van der Waals surface area contributed by atoms with Gasteiger partial charge >= 0.3 is 0 Å². The minimum atomic E-state index is -0.406. The second-order valence-electron chi connectivity index (χ2n) is 5.56. The van der Waals surface area contributed by atoms with E-state index in [4.69, 9.17) is 5.26 Å². The molecule has 0 atom stereocenters. The van der Waals surface area contributed by atoms with Gasteiger partial charge in [-0.1, -0.05) is 42.5 Å². The van der Waals surface area contributed by atoms with Gasteiger partial charge in [-0.3, -0.25) is 4.79 Å². The third-order valence-electron chi connectivity index (χ3n) is 3.74. The molecule has 1 amide bonds. The zero-order valence-corrected chi connectivity index (χ0v) is 14.0. The van der Waals surface area contributed by atoms with Crippen LogP contribution in [0.25, 0.3) is 0 Å². The van der Waals surface area contributed by atoms with Gasteiger partial charge in [0.2, 0.25) is 0 Å². The lowest BCUT2D eigenvalue weighted by Crippen LogP contribution is -2.15. The maximum atomic E-state index is 12.2. The van der Waals surface area contributed by atoms with Crippen molar-refractivity contribution in [1.29, 1.82) is 5.26 Å². The van der Waals surface area contributed by atoms with Gasteiger partial charge in [-0.2, -0.15) is 5.26 Å². The van der Waals surface area contributed by atoms with Crippen LogP contribution in [0, 0.1) is 11.3 Å². The highest BCUT2D eigenvalue weighted by Crippen LogP contribution is 2.14. The summed E-state index contributed by atoms with van der Waals surface area (Å²) >= 11 is 0. The standard InChI is InChI=1S/C20H17N5O/c21-12-16-8-4-5-9-17(16)25-20(26)18-13-24-19(14-23-18)22-11-10-15-6-2-1-3-7-15/h1-9,13-14H,10-11H2,(H,22,24)(H,25,26). The number of anilines is 2. The van der Waals surface area contributed by atoms with Crippen molar-refractivity contribution in [2.24, 2.45) is 0 Å². The zero-order valence-electron chi connectivity index (χ0n) is 14.0. The van der Waals surface area contributed by atoms with Crippen LogP contribution in [0.2, 0.25) is 0 Å². The van der Waals surface area contributed by atoms with Crippen molar-refractivity contribution in [3.63, 3.8) is 0 Å². The van der Waals surface area contributed by atoms with Crippen molar-refractivity contribution in [3.8, 4) is 6.07 Å². The highest BCUT2D eigenvalue weighted by molar-refractivity contribution is 6.03. The van der Waals surface area contributed by atoms with Crippen LogP contribution < -0.4 is 10.6 Å². The average molecular weight is 343 g/mol. The minimum absolute atomic E-state index is 0.186. The van der Waals surface area contributed by atoms with Gasteiger partial charge < -0.3 is 10.6 Å². The summed E-state index contributed by atoms with van der Waals surface area (Å²) in [5.41, 5.74) is 2.27. The van der Waals surface area contributed by atoms with E-state index < -0.39 is 5.91 Å². The first-order valence-electron chi connectivity index (χ1n) is 8.16. The molecule has 6 nitrogen and oxygen atoms in total. The molecule has 0 fully saturated rings. The van der Waals surface area contributed by atoms with Gasteiger partial charge in [0.25, 0.3) is 5.91 Å². The molecule has 2 aromatic carbocycles. The molecule has 26 heavy (non-hydrogen) atoms. The number of hydrogen-bond donors (Lipinski definition) is 2. The molecular weight excluding hydrogens is 326 g/mol. The van der Waals surface area contributed by atoms with Gasteiger partial charge in [-0.05, 0) is 24.1 Å². The Kier molecular flexibility index (Phi) is 5.53. The Labute approximate surface area is 151 Å². The molecule has 0 aliphatic heterocycles. The molecule has 0 unspecified atom stereocenters. The molecule has 0 radical (unpaired) electrons. The monoisotopic (exact) mass is 343 g/mol. The van der Waals surface area contributed by atoms with E-state index in [9.17, 15) is 4.79 Å². The number of hydrogen-bond acceptors (Lipinski definition) is 5. The molecule has 0 bridgehead atoms. The Balaban J connectivity index is 1.57. The molecule has 3 rings (SSSR count). The first-order valence-corrected chi connectivity index (χ1v) is 8.16. The predicted octanol–water partition coefficient (Wildman–Crippen LogP) is 3.26. The Morgan fingerprint density at radius 1 is 1.00 bits per heavy atom. The summed E-state index contributed by atoms with van der Waals surface area (Å²) in [6.45, 7) is 0.722. The van der Waals surface area contributed by atoms with E-state index in [0.29, 0.717) is 17.1 Å². The number of carbonyl (C=O) groups is 1. The number of nitriles is 1. The van der Waals surface area contributed by atoms with Gasteiger partial charge in [-0.15, -0.1) is 0 Å². The SMILES string of the molecule is N#Cc1ccccc1NC(=O)c1cnc(NCCc2ccccc2)cn1. The Morgan fingerprint density at radius 3 is 2.50 bits per heavy atom. The van der Waals surface area contributed by atoms with Crippen LogP contribution in [0.1, 0.15) is 21.6 Å². The molecule has 0 aliphatic rings. The van der Waals surface area contributed by atoms with Crippen LogP contribution in [0.3, 0.4) is 0 Å². The molecule has 3 aromatic rings. The normalized spacial score (nSPS) is 9.96. The quantitative estimate of drug-likeness (QED) is 0.717. The summed E-state index contributed by atoms with van der Waals surface area (Å²) in [6, 6.07) is 19.0. The van der Waals surface area contributed by atoms with Crippen molar-refractivity contribution in [2.45, 2.75) is 6.42 Å². The van der Waals surface area contributed by atoms with Gasteiger partial charge in [0, 0.05) is 6.54 Å². The molecule has 0 saturated heterocycles. The molecular formula is C20H17N5O. The van der Waals surface area contributed by atoms with Gasteiger partial charge in [-0.25, -0.2) is 9.97 Å². The molecule has 0 saturated carbocycles. The fourth-order valence-corrected chi connectivity index (χ4v) is 2.39. The largest absolute Gasteiger partial charge is 0.368 e. The van der Waals surface area contributed by atoms with E-state index in [1.165, 1.54) is 18.0 Å². The fraction of sp³-hybridized carbons (Fsp3) is 0.100. The summed E-state index contributed by atoms with van der Waals surface area (Å²) in [7, 11) is 0. The van der Waals surface area contributed by atoms with Crippen LogP contribution >= 0.6 is 0 Å². The maximum absolute atomic E-state index is 12.2. The third-order valence-corrected chi connectivity index (χ3v) is 3.74.